The number of halogens is 2. The molecule has 1 aromatic rings. The summed E-state index contributed by atoms with van der Waals surface area (Å²) < 4.78 is 27.8. The van der Waals surface area contributed by atoms with Crippen LogP contribution in [0.15, 0.2) is 24.3 Å². The molecule has 0 bridgehead atoms. The van der Waals surface area contributed by atoms with Gasteiger partial charge in [-0.25, -0.2) is 0 Å². The van der Waals surface area contributed by atoms with Crippen LogP contribution in [0.3, 0.4) is 0 Å². The maximum atomic E-state index is 11.8. The van der Waals surface area contributed by atoms with Crippen LogP contribution >= 0.6 is 0 Å². The van der Waals surface area contributed by atoms with E-state index in [0.717, 1.165) is 0 Å². The third-order valence-corrected chi connectivity index (χ3v) is 1.48. The summed E-state index contributed by atoms with van der Waals surface area (Å²) in [5.74, 6) is -0.374. The Morgan fingerprint density at radius 3 is 2.54 bits per heavy atom. The van der Waals surface area contributed by atoms with Gasteiger partial charge in [0.2, 0.25) is 0 Å². The lowest BCUT2D eigenvalue weighted by atomic mass is 10.1. The number of carbonyl (C=O) groups excluding carboxylic acids is 1. The van der Waals surface area contributed by atoms with E-state index < -0.39 is 6.61 Å². The van der Waals surface area contributed by atoms with Crippen LogP contribution in [0.1, 0.15) is 17.3 Å². The smallest absolute Gasteiger partial charge is 0.387 e. The molecule has 0 fully saturated rings. The summed E-state index contributed by atoms with van der Waals surface area (Å²) in [6.45, 7) is -1.60. The highest BCUT2D eigenvalue weighted by Gasteiger charge is 2.11. The molecule has 0 N–H and O–H groups in total. The molecule has 1 aromatic carbocycles. The number of Topliss-reactive ketones (excluding diaryl/α,β-unsaturated/α-hetero) is 1. The van der Waals surface area contributed by atoms with Gasteiger partial charge in [-0.15, -0.1) is 0 Å². The standard InChI is InChI=1S/C9H8F2O2/c1-6(12)7-4-2-3-5-8(7)13-9(10)11/h2-5,9H,1H3. The van der Waals surface area contributed by atoms with Crippen molar-refractivity contribution in [3.63, 3.8) is 0 Å². The van der Waals surface area contributed by atoms with E-state index in [1.165, 1.54) is 25.1 Å². The molecule has 0 saturated heterocycles. The molecule has 0 saturated carbocycles. The lowest BCUT2D eigenvalue weighted by Crippen LogP contribution is -2.06. The van der Waals surface area contributed by atoms with E-state index in [-0.39, 0.29) is 17.1 Å². The molecule has 0 atom stereocenters. The quantitative estimate of drug-likeness (QED) is 0.678. The Morgan fingerprint density at radius 1 is 1.38 bits per heavy atom. The van der Waals surface area contributed by atoms with Crippen LogP contribution in [-0.2, 0) is 0 Å². The first-order valence-corrected chi connectivity index (χ1v) is 3.66. The molecular weight excluding hydrogens is 178 g/mol. The molecule has 2 nitrogen and oxygen atoms in total. The molecule has 0 aromatic heterocycles. The summed E-state index contributed by atoms with van der Waals surface area (Å²) in [4.78, 5) is 10.9. The molecule has 0 aliphatic rings. The van der Waals surface area contributed by atoms with Crippen molar-refractivity contribution in [2.45, 2.75) is 13.5 Å². The number of hydrogen-bond acceptors (Lipinski definition) is 2. The van der Waals surface area contributed by atoms with E-state index in [1.807, 2.05) is 0 Å². The molecule has 0 aliphatic heterocycles. The average molecular weight is 186 g/mol. The van der Waals surface area contributed by atoms with Gasteiger partial charge in [-0.3, -0.25) is 4.79 Å². The maximum absolute atomic E-state index is 11.8. The largest absolute Gasteiger partial charge is 0.434 e. The van der Waals surface area contributed by atoms with Crippen LogP contribution in [-0.4, -0.2) is 12.4 Å². The van der Waals surface area contributed by atoms with E-state index in [0.29, 0.717) is 0 Å². The zero-order valence-electron chi connectivity index (χ0n) is 6.96. The van der Waals surface area contributed by atoms with Crippen molar-refractivity contribution in [3.05, 3.63) is 29.8 Å². The second-order valence-corrected chi connectivity index (χ2v) is 2.43. The van der Waals surface area contributed by atoms with Crippen LogP contribution in [0.4, 0.5) is 8.78 Å². The van der Waals surface area contributed by atoms with Crippen LogP contribution in [0.2, 0.25) is 0 Å². The molecule has 13 heavy (non-hydrogen) atoms. The van der Waals surface area contributed by atoms with Gasteiger partial charge in [-0.05, 0) is 19.1 Å². The molecule has 0 heterocycles. The lowest BCUT2D eigenvalue weighted by Gasteiger charge is -2.07. The van der Waals surface area contributed by atoms with Gasteiger partial charge in [0.15, 0.2) is 5.78 Å². The highest BCUT2D eigenvalue weighted by atomic mass is 19.3. The highest BCUT2D eigenvalue weighted by molar-refractivity contribution is 5.96. The Bertz CT molecular complexity index is 310. The first kappa shape index (κ1) is 9.64. The highest BCUT2D eigenvalue weighted by Crippen LogP contribution is 2.20. The first-order chi connectivity index (χ1) is 6.11. The summed E-state index contributed by atoms with van der Waals surface area (Å²) in [5.41, 5.74) is 0.169. The summed E-state index contributed by atoms with van der Waals surface area (Å²) in [6.07, 6.45) is 0. The van der Waals surface area contributed by atoms with Gasteiger partial charge in [-0.2, -0.15) is 8.78 Å². The number of carbonyl (C=O) groups is 1. The molecule has 0 aliphatic carbocycles. The minimum atomic E-state index is -2.90. The number of benzene rings is 1. The Labute approximate surface area is 74.1 Å². The van der Waals surface area contributed by atoms with Gasteiger partial charge in [0.05, 0.1) is 5.56 Å². The Kier molecular flexibility index (Phi) is 2.95. The number of ether oxygens (including phenoxy) is 1. The van der Waals surface area contributed by atoms with E-state index >= 15 is 0 Å². The number of alkyl halides is 2. The van der Waals surface area contributed by atoms with Crippen LogP contribution in [0.25, 0.3) is 0 Å². The maximum Gasteiger partial charge on any atom is 0.387 e. The predicted molar refractivity (Wildman–Crippen MR) is 43.1 cm³/mol. The fraction of sp³-hybridized carbons (Fsp3) is 0.222. The molecule has 0 spiro atoms. The fourth-order valence-corrected chi connectivity index (χ4v) is 0.956. The number of para-hydroxylation sites is 1. The zero-order valence-corrected chi connectivity index (χ0v) is 6.96. The van der Waals surface area contributed by atoms with Crippen molar-refractivity contribution in [2.24, 2.45) is 0 Å². The Hall–Kier alpha value is -1.45. The molecule has 70 valence electrons. The number of hydrogen-bond donors (Lipinski definition) is 0. The van der Waals surface area contributed by atoms with E-state index in [4.69, 9.17) is 0 Å². The van der Waals surface area contributed by atoms with Gasteiger partial charge in [0, 0.05) is 0 Å². The average Bonchev–Trinajstić information content (AvgIpc) is 2.03. The SMILES string of the molecule is CC(=O)c1ccccc1OC(F)F. The van der Waals surface area contributed by atoms with Crippen LogP contribution in [0, 0.1) is 0 Å². The molecule has 0 unspecified atom stereocenters. The molecular formula is C9H8F2O2. The summed E-state index contributed by atoms with van der Waals surface area (Å²) in [5, 5.41) is 0. The van der Waals surface area contributed by atoms with Crippen molar-refractivity contribution < 1.29 is 18.3 Å². The van der Waals surface area contributed by atoms with Gasteiger partial charge in [-0.1, -0.05) is 12.1 Å². The first-order valence-electron chi connectivity index (χ1n) is 3.66. The summed E-state index contributed by atoms with van der Waals surface area (Å²) in [7, 11) is 0. The van der Waals surface area contributed by atoms with Crippen LogP contribution < -0.4 is 4.74 Å². The predicted octanol–water partition coefficient (Wildman–Crippen LogP) is 2.49. The Balaban J connectivity index is 2.98. The zero-order chi connectivity index (χ0) is 9.84. The van der Waals surface area contributed by atoms with Gasteiger partial charge >= 0.3 is 6.61 Å². The van der Waals surface area contributed by atoms with E-state index in [2.05, 4.69) is 4.74 Å². The summed E-state index contributed by atoms with van der Waals surface area (Å²) >= 11 is 0. The number of ketones is 1. The fourth-order valence-electron chi connectivity index (χ4n) is 0.956. The third-order valence-electron chi connectivity index (χ3n) is 1.48. The summed E-state index contributed by atoms with van der Waals surface area (Å²) in [6, 6.07) is 5.90. The molecule has 1 rings (SSSR count). The van der Waals surface area contributed by atoms with E-state index in [9.17, 15) is 13.6 Å². The molecule has 0 amide bonds. The van der Waals surface area contributed by atoms with Crippen LogP contribution in [0.5, 0.6) is 5.75 Å². The van der Waals surface area contributed by atoms with Crippen molar-refractivity contribution in [1.82, 2.24) is 0 Å². The Morgan fingerprint density at radius 2 is 2.00 bits per heavy atom. The van der Waals surface area contributed by atoms with Crippen molar-refractivity contribution in [1.29, 1.82) is 0 Å². The van der Waals surface area contributed by atoms with Crippen molar-refractivity contribution in [2.75, 3.05) is 0 Å². The van der Waals surface area contributed by atoms with E-state index in [1.54, 1.807) is 6.07 Å². The molecule has 4 heteroatoms. The minimum absolute atomic E-state index is 0.0787. The second kappa shape index (κ2) is 3.98. The normalized spacial score (nSPS) is 10.2. The van der Waals surface area contributed by atoms with Crippen molar-refractivity contribution in [3.8, 4) is 5.75 Å². The topological polar surface area (TPSA) is 26.3 Å². The van der Waals surface area contributed by atoms with Gasteiger partial charge < -0.3 is 4.74 Å². The third kappa shape index (κ3) is 2.50. The van der Waals surface area contributed by atoms with Crippen molar-refractivity contribution >= 4 is 5.78 Å². The van der Waals surface area contributed by atoms with Gasteiger partial charge in [0.25, 0.3) is 0 Å². The number of rotatable bonds is 3. The minimum Gasteiger partial charge on any atom is -0.434 e. The second-order valence-electron chi connectivity index (χ2n) is 2.43. The monoisotopic (exact) mass is 186 g/mol. The van der Waals surface area contributed by atoms with Gasteiger partial charge in [0.1, 0.15) is 5.75 Å². The molecule has 0 radical (unpaired) electrons. The lowest BCUT2D eigenvalue weighted by molar-refractivity contribution is -0.0501.